The Bertz CT molecular complexity index is 878. The van der Waals surface area contributed by atoms with Crippen molar-refractivity contribution in [1.29, 1.82) is 0 Å². The first kappa shape index (κ1) is 19.5. The minimum Gasteiger partial charge on any atom is -0.493 e. The van der Waals surface area contributed by atoms with Crippen LogP contribution in [0.1, 0.15) is 29.6 Å². The van der Waals surface area contributed by atoms with E-state index in [1.165, 1.54) is 20.3 Å². The molecule has 3 rings (SSSR count). The van der Waals surface area contributed by atoms with Crippen molar-refractivity contribution in [2.24, 2.45) is 0 Å². The summed E-state index contributed by atoms with van der Waals surface area (Å²) >= 11 is 0. The van der Waals surface area contributed by atoms with Crippen molar-refractivity contribution in [2.45, 2.75) is 19.3 Å². The quantitative estimate of drug-likeness (QED) is 0.599. The molecule has 1 aliphatic heterocycles. The van der Waals surface area contributed by atoms with Gasteiger partial charge in [0.25, 0.3) is 11.6 Å². The molecule has 8 nitrogen and oxygen atoms in total. The van der Waals surface area contributed by atoms with Crippen molar-refractivity contribution in [1.82, 2.24) is 0 Å². The summed E-state index contributed by atoms with van der Waals surface area (Å²) in [6.07, 6.45) is 3.16. The van der Waals surface area contributed by atoms with Crippen molar-refractivity contribution in [3.05, 3.63) is 52.1 Å². The summed E-state index contributed by atoms with van der Waals surface area (Å²) in [6, 6.07) is 9.60. The standard InChI is InChI=1S/C20H23N3O5/c1-27-18-9-7-15(13-19(18)28-2)21-20(24)14-6-8-16(17(12-14)23(25)26)22-10-4-3-5-11-22/h6-9,12-13H,3-5,10-11H2,1-2H3,(H,21,24). The lowest BCUT2D eigenvalue weighted by atomic mass is 10.1. The van der Waals surface area contributed by atoms with Crippen LogP contribution in [0.5, 0.6) is 11.5 Å². The SMILES string of the molecule is COc1ccc(NC(=O)c2ccc(N3CCCCC3)c([N+](=O)[O-])c2)cc1OC. The maximum atomic E-state index is 12.6. The van der Waals surface area contributed by atoms with Crippen LogP contribution in [0.2, 0.25) is 0 Å². The summed E-state index contributed by atoms with van der Waals surface area (Å²) in [4.78, 5) is 25.8. The van der Waals surface area contributed by atoms with Gasteiger partial charge in [-0.3, -0.25) is 14.9 Å². The van der Waals surface area contributed by atoms with Crippen molar-refractivity contribution in [3.63, 3.8) is 0 Å². The van der Waals surface area contributed by atoms with Gasteiger partial charge in [-0.1, -0.05) is 0 Å². The summed E-state index contributed by atoms with van der Waals surface area (Å²) in [5, 5.41) is 14.3. The number of hydrogen-bond acceptors (Lipinski definition) is 6. The number of nitro benzene ring substituents is 1. The number of carbonyl (C=O) groups excluding carboxylic acids is 1. The average Bonchev–Trinajstić information content (AvgIpc) is 2.73. The third-order valence-electron chi connectivity index (χ3n) is 4.77. The number of amides is 1. The monoisotopic (exact) mass is 385 g/mol. The van der Waals surface area contributed by atoms with Crippen LogP contribution in [0.3, 0.4) is 0 Å². The summed E-state index contributed by atoms with van der Waals surface area (Å²) in [7, 11) is 3.03. The topological polar surface area (TPSA) is 93.9 Å². The first-order chi connectivity index (χ1) is 13.5. The van der Waals surface area contributed by atoms with Crippen LogP contribution in [0.15, 0.2) is 36.4 Å². The molecule has 0 spiro atoms. The van der Waals surface area contributed by atoms with Gasteiger partial charge < -0.3 is 19.7 Å². The fourth-order valence-electron chi connectivity index (χ4n) is 3.33. The fourth-order valence-corrected chi connectivity index (χ4v) is 3.33. The van der Waals surface area contributed by atoms with Crippen LogP contribution in [0.25, 0.3) is 0 Å². The molecule has 1 heterocycles. The van der Waals surface area contributed by atoms with Gasteiger partial charge in [0.1, 0.15) is 5.69 Å². The molecule has 0 aromatic heterocycles. The lowest BCUT2D eigenvalue weighted by molar-refractivity contribution is -0.384. The van der Waals surface area contributed by atoms with E-state index in [1.54, 1.807) is 30.3 Å². The summed E-state index contributed by atoms with van der Waals surface area (Å²) in [5.41, 5.74) is 1.24. The predicted octanol–water partition coefficient (Wildman–Crippen LogP) is 3.85. The Morgan fingerprint density at radius 1 is 1.04 bits per heavy atom. The highest BCUT2D eigenvalue weighted by molar-refractivity contribution is 6.05. The van der Waals surface area contributed by atoms with E-state index in [9.17, 15) is 14.9 Å². The lowest BCUT2D eigenvalue weighted by Crippen LogP contribution is -2.30. The van der Waals surface area contributed by atoms with Crippen molar-refractivity contribution < 1.29 is 19.2 Å². The third kappa shape index (κ3) is 4.16. The molecule has 0 unspecified atom stereocenters. The molecule has 0 radical (unpaired) electrons. The number of nitrogens with zero attached hydrogens (tertiary/aromatic N) is 2. The molecular weight excluding hydrogens is 362 g/mol. The van der Waals surface area contributed by atoms with Crippen LogP contribution < -0.4 is 19.7 Å². The minimum absolute atomic E-state index is 0.0538. The van der Waals surface area contributed by atoms with Crippen LogP contribution in [-0.4, -0.2) is 38.1 Å². The van der Waals surface area contributed by atoms with E-state index in [-0.39, 0.29) is 11.3 Å². The first-order valence-corrected chi connectivity index (χ1v) is 9.10. The van der Waals surface area contributed by atoms with E-state index in [0.717, 1.165) is 32.4 Å². The Labute approximate surface area is 163 Å². The van der Waals surface area contributed by atoms with Crippen molar-refractivity contribution in [3.8, 4) is 11.5 Å². The van der Waals surface area contributed by atoms with Gasteiger partial charge in [0, 0.05) is 36.5 Å². The fraction of sp³-hybridized carbons (Fsp3) is 0.350. The Balaban J connectivity index is 1.83. The number of methoxy groups -OCH3 is 2. The molecule has 1 N–H and O–H groups in total. The first-order valence-electron chi connectivity index (χ1n) is 9.10. The highest BCUT2D eigenvalue weighted by atomic mass is 16.6. The smallest absolute Gasteiger partial charge is 0.293 e. The number of hydrogen-bond donors (Lipinski definition) is 1. The Kier molecular flexibility index (Phi) is 5.98. The largest absolute Gasteiger partial charge is 0.493 e. The van der Waals surface area contributed by atoms with Gasteiger partial charge in [-0.2, -0.15) is 0 Å². The number of nitrogens with one attached hydrogen (secondary N) is 1. The Morgan fingerprint density at radius 3 is 2.39 bits per heavy atom. The number of benzene rings is 2. The number of ether oxygens (including phenoxy) is 2. The number of carbonyl (C=O) groups is 1. The van der Waals surface area contributed by atoms with E-state index in [4.69, 9.17) is 9.47 Å². The molecule has 0 atom stereocenters. The molecule has 148 valence electrons. The molecule has 1 fully saturated rings. The molecule has 28 heavy (non-hydrogen) atoms. The molecule has 0 saturated carbocycles. The van der Waals surface area contributed by atoms with Gasteiger partial charge in [-0.25, -0.2) is 0 Å². The molecule has 2 aromatic rings. The van der Waals surface area contributed by atoms with Crippen LogP contribution in [0, 0.1) is 10.1 Å². The molecule has 1 saturated heterocycles. The average molecular weight is 385 g/mol. The van der Waals surface area contributed by atoms with Crippen LogP contribution >= 0.6 is 0 Å². The Morgan fingerprint density at radius 2 is 1.75 bits per heavy atom. The predicted molar refractivity (Wildman–Crippen MR) is 107 cm³/mol. The Hall–Kier alpha value is -3.29. The highest BCUT2D eigenvalue weighted by Crippen LogP contribution is 2.32. The maximum Gasteiger partial charge on any atom is 0.293 e. The molecule has 0 bridgehead atoms. The second-order valence-corrected chi connectivity index (χ2v) is 6.53. The van der Waals surface area contributed by atoms with E-state index < -0.39 is 10.8 Å². The second-order valence-electron chi connectivity index (χ2n) is 6.53. The summed E-state index contributed by atoms with van der Waals surface area (Å²) in [6.45, 7) is 1.58. The number of rotatable bonds is 6. The van der Waals surface area contributed by atoms with E-state index >= 15 is 0 Å². The molecule has 1 aliphatic rings. The molecular formula is C20H23N3O5. The molecule has 2 aromatic carbocycles. The lowest BCUT2D eigenvalue weighted by Gasteiger charge is -2.28. The van der Waals surface area contributed by atoms with Gasteiger partial charge >= 0.3 is 0 Å². The van der Waals surface area contributed by atoms with E-state index in [1.807, 2.05) is 4.90 Å². The van der Waals surface area contributed by atoms with Gasteiger partial charge in [-0.05, 0) is 43.5 Å². The van der Waals surface area contributed by atoms with Gasteiger partial charge in [0.2, 0.25) is 0 Å². The van der Waals surface area contributed by atoms with Crippen molar-refractivity contribution >= 4 is 23.0 Å². The summed E-state index contributed by atoms with van der Waals surface area (Å²) < 4.78 is 10.4. The van der Waals surface area contributed by atoms with E-state index in [2.05, 4.69) is 5.32 Å². The highest BCUT2D eigenvalue weighted by Gasteiger charge is 2.23. The molecule has 8 heteroatoms. The zero-order valence-electron chi connectivity index (χ0n) is 15.9. The number of piperidine rings is 1. The maximum absolute atomic E-state index is 12.6. The molecule has 1 amide bonds. The van der Waals surface area contributed by atoms with Gasteiger partial charge in [0.05, 0.1) is 19.1 Å². The minimum atomic E-state index is -0.433. The number of anilines is 2. The normalized spacial score (nSPS) is 13.7. The zero-order valence-corrected chi connectivity index (χ0v) is 15.9. The van der Waals surface area contributed by atoms with Crippen LogP contribution in [-0.2, 0) is 0 Å². The second kappa shape index (κ2) is 8.60. The van der Waals surface area contributed by atoms with Gasteiger partial charge in [0.15, 0.2) is 11.5 Å². The van der Waals surface area contributed by atoms with Crippen LogP contribution in [0.4, 0.5) is 17.1 Å². The number of nitro groups is 1. The third-order valence-corrected chi connectivity index (χ3v) is 4.77. The molecule has 0 aliphatic carbocycles. The van der Waals surface area contributed by atoms with E-state index in [0.29, 0.717) is 22.9 Å². The van der Waals surface area contributed by atoms with Crippen molar-refractivity contribution in [2.75, 3.05) is 37.5 Å². The summed E-state index contributed by atoms with van der Waals surface area (Å²) in [5.74, 6) is 0.592. The van der Waals surface area contributed by atoms with Gasteiger partial charge in [-0.15, -0.1) is 0 Å². The zero-order chi connectivity index (χ0) is 20.1.